The summed E-state index contributed by atoms with van der Waals surface area (Å²) in [6, 6.07) is 0.350. The number of aromatic nitrogens is 2. The summed E-state index contributed by atoms with van der Waals surface area (Å²) in [5.41, 5.74) is 0.567. The third-order valence-electron chi connectivity index (χ3n) is 4.50. The van der Waals surface area contributed by atoms with Gasteiger partial charge in [-0.2, -0.15) is 0 Å². The van der Waals surface area contributed by atoms with Gasteiger partial charge in [0.15, 0.2) is 0 Å². The van der Waals surface area contributed by atoms with Crippen LogP contribution in [-0.4, -0.2) is 33.8 Å². The van der Waals surface area contributed by atoms with Crippen LogP contribution >= 0.6 is 0 Å². The number of hydrogen-bond donors (Lipinski definition) is 3. The quantitative estimate of drug-likeness (QED) is 0.767. The monoisotopic (exact) mass is 276 g/mol. The first-order chi connectivity index (χ1) is 9.75. The highest BCUT2D eigenvalue weighted by Gasteiger charge is 2.30. The van der Waals surface area contributed by atoms with Crippen LogP contribution in [0.5, 0.6) is 0 Å². The third kappa shape index (κ3) is 3.27. The topological polar surface area (TPSA) is 70.1 Å². The summed E-state index contributed by atoms with van der Waals surface area (Å²) in [4.78, 5) is 8.89. The van der Waals surface area contributed by atoms with Gasteiger partial charge in [0.2, 0.25) is 0 Å². The van der Waals surface area contributed by atoms with Crippen LogP contribution in [0, 0.1) is 0 Å². The predicted molar refractivity (Wildman–Crippen MR) is 78.5 cm³/mol. The molecule has 2 fully saturated rings. The summed E-state index contributed by atoms with van der Waals surface area (Å²) >= 11 is 0. The molecule has 1 aliphatic heterocycles. The standard InChI is InChI=1S/C15H24N4O/c20-15(5-1-2-6-15)7-9-18-14-11-16-10-13(19-14)12-4-3-8-17-12/h10-12,17,20H,1-9H2,(H,18,19). The number of nitrogens with one attached hydrogen (secondary N) is 2. The van der Waals surface area contributed by atoms with Crippen LogP contribution in [0.25, 0.3) is 0 Å². The zero-order chi connectivity index (χ0) is 13.8. The summed E-state index contributed by atoms with van der Waals surface area (Å²) in [6.07, 6.45) is 10.9. The molecule has 1 aromatic heterocycles. The largest absolute Gasteiger partial charge is 0.390 e. The lowest BCUT2D eigenvalue weighted by atomic mass is 9.98. The van der Waals surface area contributed by atoms with E-state index >= 15 is 0 Å². The summed E-state index contributed by atoms with van der Waals surface area (Å²) < 4.78 is 0. The molecular formula is C15H24N4O. The fourth-order valence-electron chi connectivity index (χ4n) is 3.28. The van der Waals surface area contributed by atoms with E-state index < -0.39 is 5.60 Å². The van der Waals surface area contributed by atoms with Crippen molar-refractivity contribution in [1.82, 2.24) is 15.3 Å². The van der Waals surface area contributed by atoms with Crippen LogP contribution in [0.3, 0.4) is 0 Å². The van der Waals surface area contributed by atoms with E-state index in [4.69, 9.17) is 0 Å². The molecule has 0 spiro atoms. The molecule has 3 N–H and O–H groups in total. The average molecular weight is 276 g/mol. The summed E-state index contributed by atoms with van der Waals surface area (Å²) in [5.74, 6) is 0.817. The van der Waals surface area contributed by atoms with E-state index in [0.29, 0.717) is 6.04 Å². The first kappa shape index (κ1) is 13.8. The second-order valence-electron chi connectivity index (χ2n) is 6.09. The molecule has 0 radical (unpaired) electrons. The highest BCUT2D eigenvalue weighted by atomic mass is 16.3. The zero-order valence-electron chi connectivity index (χ0n) is 11.9. The van der Waals surface area contributed by atoms with Gasteiger partial charge in [0.25, 0.3) is 0 Å². The molecule has 2 aliphatic rings. The zero-order valence-corrected chi connectivity index (χ0v) is 11.9. The molecule has 1 unspecified atom stereocenters. The van der Waals surface area contributed by atoms with E-state index in [0.717, 1.165) is 63.1 Å². The van der Waals surface area contributed by atoms with Gasteiger partial charge >= 0.3 is 0 Å². The fraction of sp³-hybridized carbons (Fsp3) is 0.733. The minimum Gasteiger partial charge on any atom is -0.390 e. The Morgan fingerprint density at radius 2 is 2.15 bits per heavy atom. The maximum Gasteiger partial charge on any atom is 0.144 e. The first-order valence-corrected chi connectivity index (χ1v) is 7.77. The molecule has 1 atom stereocenters. The Morgan fingerprint density at radius 1 is 1.30 bits per heavy atom. The van der Waals surface area contributed by atoms with Gasteiger partial charge in [-0.15, -0.1) is 0 Å². The van der Waals surface area contributed by atoms with E-state index in [-0.39, 0.29) is 0 Å². The molecular weight excluding hydrogens is 252 g/mol. The van der Waals surface area contributed by atoms with Gasteiger partial charge in [0.05, 0.1) is 29.7 Å². The summed E-state index contributed by atoms with van der Waals surface area (Å²) in [6.45, 7) is 1.82. The number of rotatable bonds is 5. The highest BCUT2D eigenvalue weighted by molar-refractivity contribution is 5.32. The molecule has 1 aromatic rings. The SMILES string of the molecule is OC1(CCNc2cncc(C3CCCN3)n2)CCCC1. The Balaban J connectivity index is 1.53. The van der Waals surface area contributed by atoms with Crippen LogP contribution in [0.15, 0.2) is 12.4 Å². The third-order valence-corrected chi connectivity index (χ3v) is 4.50. The minimum absolute atomic E-state index is 0.350. The molecule has 2 heterocycles. The Hall–Kier alpha value is -1.20. The lowest BCUT2D eigenvalue weighted by Crippen LogP contribution is -2.27. The molecule has 20 heavy (non-hydrogen) atoms. The van der Waals surface area contributed by atoms with Gasteiger partial charge in [0, 0.05) is 6.54 Å². The number of anilines is 1. The molecule has 1 aliphatic carbocycles. The molecule has 0 amide bonds. The lowest BCUT2D eigenvalue weighted by Gasteiger charge is -2.22. The van der Waals surface area contributed by atoms with Crippen molar-refractivity contribution in [2.75, 3.05) is 18.4 Å². The molecule has 1 saturated carbocycles. The molecule has 3 rings (SSSR count). The van der Waals surface area contributed by atoms with Crippen molar-refractivity contribution in [1.29, 1.82) is 0 Å². The van der Waals surface area contributed by atoms with Gasteiger partial charge in [-0.1, -0.05) is 12.8 Å². The van der Waals surface area contributed by atoms with Crippen LogP contribution in [0.4, 0.5) is 5.82 Å². The lowest BCUT2D eigenvalue weighted by molar-refractivity contribution is 0.0424. The Bertz CT molecular complexity index is 439. The van der Waals surface area contributed by atoms with Crippen molar-refractivity contribution in [3.05, 3.63) is 18.1 Å². The number of nitrogens with zero attached hydrogens (tertiary/aromatic N) is 2. The van der Waals surface area contributed by atoms with E-state index in [9.17, 15) is 5.11 Å². The predicted octanol–water partition coefficient (Wildman–Crippen LogP) is 2.01. The Morgan fingerprint density at radius 3 is 2.90 bits per heavy atom. The Labute approximate surface area is 120 Å². The molecule has 5 nitrogen and oxygen atoms in total. The molecule has 1 saturated heterocycles. The fourth-order valence-corrected chi connectivity index (χ4v) is 3.28. The second kappa shape index (κ2) is 6.06. The van der Waals surface area contributed by atoms with Crippen LogP contribution in [0.1, 0.15) is 56.7 Å². The summed E-state index contributed by atoms with van der Waals surface area (Å²) in [5, 5.41) is 17.0. The van der Waals surface area contributed by atoms with Crippen molar-refractivity contribution >= 4 is 5.82 Å². The van der Waals surface area contributed by atoms with Crippen molar-refractivity contribution in [2.24, 2.45) is 0 Å². The smallest absolute Gasteiger partial charge is 0.144 e. The second-order valence-corrected chi connectivity index (χ2v) is 6.09. The number of hydrogen-bond acceptors (Lipinski definition) is 5. The van der Waals surface area contributed by atoms with E-state index in [1.807, 2.05) is 6.20 Å². The van der Waals surface area contributed by atoms with E-state index in [2.05, 4.69) is 20.6 Å². The maximum absolute atomic E-state index is 10.3. The van der Waals surface area contributed by atoms with E-state index in [1.54, 1.807) is 6.20 Å². The normalized spacial score (nSPS) is 24.9. The van der Waals surface area contributed by atoms with Gasteiger partial charge < -0.3 is 15.7 Å². The first-order valence-electron chi connectivity index (χ1n) is 7.77. The van der Waals surface area contributed by atoms with Crippen molar-refractivity contribution in [3.63, 3.8) is 0 Å². The Kier molecular flexibility index (Phi) is 4.17. The maximum atomic E-state index is 10.3. The van der Waals surface area contributed by atoms with Crippen LogP contribution < -0.4 is 10.6 Å². The van der Waals surface area contributed by atoms with Gasteiger partial charge in [0.1, 0.15) is 5.82 Å². The molecule has 0 bridgehead atoms. The average Bonchev–Trinajstić information content (AvgIpc) is 3.11. The van der Waals surface area contributed by atoms with Gasteiger partial charge in [-0.25, -0.2) is 4.98 Å². The van der Waals surface area contributed by atoms with Crippen molar-refractivity contribution in [3.8, 4) is 0 Å². The minimum atomic E-state index is -0.453. The van der Waals surface area contributed by atoms with Gasteiger partial charge in [-0.05, 0) is 38.6 Å². The molecule has 110 valence electrons. The van der Waals surface area contributed by atoms with Crippen LogP contribution in [-0.2, 0) is 0 Å². The molecule has 0 aromatic carbocycles. The number of aliphatic hydroxyl groups is 1. The van der Waals surface area contributed by atoms with Crippen molar-refractivity contribution < 1.29 is 5.11 Å². The van der Waals surface area contributed by atoms with Crippen molar-refractivity contribution in [2.45, 2.75) is 56.6 Å². The van der Waals surface area contributed by atoms with Gasteiger partial charge in [-0.3, -0.25) is 4.98 Å². The van der Waals surface area contributed by atoms with Crippen LogP contribution in [0.2, 0.25) is 0 Å². The molecule has 5 heteroatoms. The summed E-state index contributed by atoms with van der Waals surface area (Å²) in [7, 11) is 0. The van der Waals surface area contributed by atoms with E-state index in [1.165, 1.54) is 6.42 Å². The highest BCUT2D eigenvalue weighted by Crippen LogP contribution is 2.32.